The fourth-order valence-electron chi connectivity index (χ4n) is 1.09. The van der Waals surface area contributed by atoms with Gasteiger partial charge in [0.05, 0.1) is 0 Å². The molecule has 0 aliphatic heterocycles. The van der Waals surface area contributed by atoms with Crippen LogP contribution in [-0.4, -0.2) is 18.2 Å². The molecule has 0 radical (unpaired) electrons. The largest absolute Gasteiger partial charge is 0.410 e. The predicted octanol–water partition coefficient (Wildman–Crippen LogP) is 0.763. The summed E-state index contributed by atoms with van der Waals surface area (Å²) >= 11 is 0. The Morgan fingerprint density at radius 2 is 2.22 bits per heavy atom. The van der Waals surface area contributed by atoms with Gasteiger partial charge in [-0.25, -0.2) is 0 Å². The second kappa shape index (κ2) is 2.25. The zero-order valence-corrected chi connectivity index (χ0v) is 6.54. The van der Waals surface area contributed by atoms with Crippen LogP contribution in [0.3, 0.4) is 0 Å². The molecule has 0 spiro atoms. The first-order valence-electron chi connectivity index (χ1n) is 3.22. The van der Waals surface area contributed by atoms with Crippen molar-refractivity contribution in [3.05, 3.63) is 12.2 Å². The summed E-state index contributed by atoms with van der Waals surface area (Å²) in [6.07, 6.45) is 5.87. The Hall–Kier alpha value is -0.123. The van der Waals surface area contributed by atoms with Gasteiger partial charge < -0.3 is 9.59 Å². The van der Waals surface area contributed by atoms with Gasteiger partial charge in [0.25, 0.3) is 0 Å². The molecule has 0 aromatic carbocycles. The Kier molecular flexibility index (Phi) is 1.74. The molecule has 1 atom stereocenters. The summed E-state index contributed by atoms with van der Waals surface area (Å²) in [7, 11) is -2.81. The predicted molar refractivity (Wildman–Crippen MR) is 38.2 cm³/mol. The highest BCUT2D eigenvalue weighted by molar-refractivity contribution is 6.65. The van der Waals surface area contributed by atoms with Crippen molar-refractivity contribution in [3.63, 3.8) is 0 Å². The lowest BCUT2D eigenvalue weighted by Gasteiger charge is -2.17. The van der Waals surface area contributed by atoms with Gasteiger partial charge in [-0.15, -0.1) is 0 Å². The molecule has 2 N–H and O–H groups in total. The standard InChI is InChI=1S/C6H12O2Si/c1-9(7,8)6-4-2-3-5-6/h2,4,6-8H,3,5H2,1H3. The molecular weight excluding hydrogens is 132 g/mol. The molecular formula is C6H12O2Si. The van der Waals surface area contributed by atoms with Crippen LogP contribution in [0.1, 0.15) is 12.8 Å². The van der Waals surface area contributed by atoms with E-state index in [0.717, 1.165) is 12.8 Å². The molecule has 0 bridgehead atoms. The SMILES string of the molecule is C[Si](O)(O)C1C=CCC1. The van der Waals surface area contributed by atoms with Crippen molar-refractivity contribution in [2.75, 3.05) is 0 Å². The van der Waals surface area contributed by atoms with E-state index in [1.165, 1.54) is 0 Å². The number of allylic oxidation sites excluding steroid dienone is 2. The van der Waals surface area contributed by atoms with Crippen molar-refractivity contribution in [2.45, 2.75) is 24.9 Å². The minimum Gasteiger partial charge on any atom is -0.410 e. The molecule has 1 unspecified atom stereocenters. The van der Waals surface area contributed by atoms with E-state index in [9.17, 15) is 0 Å². The molecule has 3 heteroatoms. The first kappa shape index (κ1) is 6.99. The molecule has 0 saturated heterocycles. The molecule has 0 saturated carbocycles. The van der Waals surface area contributed by atoms with Crippen LogP contribution in [0.25, 0.3) is 0 Å². The maximum absolute atomic E-state index is 9.16. The monoisotopic (exact) mass is 144 g/mol. The van der Waals surface area contributed by atoms with Crippen LogP contribution in [0.15, 0.2) is 12.2 Å². The maximum Gasteiger partial charge on any atom is 0.336 e. The van der Waals surface area contributed by atoms with Gasteiger partial charge in [0.2, 0.25) is 0 Å². The lowest BCUT2D eigenvalue weighted by atomic mass is 10.4. The zero-order valence-electron chi connectivity index (χ0n) is 5.54. The fourth-order valence-corrected chi connectivity index (χ4v) is 2.30. The van der Waals surface area contributed by atoms with E-state index in [1.54, 1.807) is 6.55 Å². The van der Waals surface area contributed by atoms with Crippen LogP contribution in [-0.2, 0) is 0 Å². The molecule has 9 heavy (non-hydrogen) atoms. The molecule has 0 aromatic heterocycles. The third-order valence-electron chi connectivity index (χ3n) is 1.72. The number of hydrogen-bond acceptors (Lipinski definition) is 2. The van der Waals surface area contributed by atoms with Crippen molar-refractivity contribution >= 4 is 8.56 Å². The number of rotatable bonds is 1. The van der Waals surface area contributed by atoms with E-state index in [1.807, 2.05) is 12.2 Å². The van der Waals surface area contributed by atoms with Crippen LogP contribution >= 0.6 is 0 Å². The highest BCUT2D eigenvalue weighted by Crippen LogP contribution is 2.29. The summed E-state index contributed by atoms with van der Waals surface area (Å²) in [6, 6.07) is 0. The molecule has 52 valence electrons. The lowest BCUT2D eigenvalue weighted by molar-refractivity contribution is 0.357. The van der Waals surface area contributed by atoms with E-state index < -0.39 is 8.56 Å². The molecule has 2 nitrogen and oxygen atoms in total. The quantitative estimate of drug-likeness (QED) is 0.421. The van der Waals surface area contributed by atoms with Gasteiger partial charge in [-0.1, -0.05) is 12.2 Å². The summed E-state index contributed by atoms with van der Waals surface area (Å²) in [5.74, 6) is 0. The van der Waals surface area contributed by atoms with E-state index >= 15 is 0 Å². The van der Waals surface area contributed by atoms with E-state index in [0.29, 0.717) is 0 Å². The van der Waals surface area contributed by atoms with E-state index in [-0.39, 0.29) is 5.54 Å². The fraction of sp³-hybridized carbons (Fsp3) is 0.667. The molecule has 1 rings (SSSR count). The van der Waals surface area contributed by atoms with Crippen LogP contribution < -0.4 is 0 Å². The maximum atomic E-state index is 9.16. The van der Waals surface area contributed by atoms with Crippen molar-refractivity contribution in [3.8, 4) is 0 Å². The van der Waals surface area contributed by atoms with Gasteiger partial charge in [0, 0.05) is 5.54 Å². The summed E-state index contributed by atoms with van der Waals surface area (Å²) in [6.45, 7) is 1.56. The van der Waals surface area contributed by atoms with Gasteiger partial charge in [-0.3, -0.25) is 0 Å². The second-order valence-corrected chi connectivity index (χ2v) is 5.64. The Labute approximate surface area is 56.1 Å². The van der Waals surface area contributed by atoms with Crippen molar-refractivity contribution in [1.29, 1.82) is 0 Å². The molecule has 0 heterocycles. The van der Waals surface area contributed by atoms with E-state index in [4.69, 9.17) is 9.59 Å². The highest BCUT2D eigenvalue weighted by Gasteiger charge is 2.32. The molecule has 0 fully saturated rings. The Balaban J connectivity index is 2.53. The average molecular weight is 144 g/mol. The third kappa shape index (κ3) is 1.64. The van der Waals surface area contributed by atoms with Crippen molar-refractivity contribution in [1.82, 2.24) is 0 Å². The molecule has 1 aliphatic carbocycles. The van der Waals surface area contributed by atoms with Gasteiger partial charge in [-0.05, 0) is 19.4 Å². The molecule has 0 amide bonds. The normalized spacial score (nSPS) is 27.2. The third-order valence-corrected chi connectivity index (χ3v) is 3.60. The second-order valence-electron chi connectivity index (χ2n) is 2.71. The van der Waals surface area contributed by atoms with Crippen LogP contribution in [0.2, 0.25) is 12.1 Å². The van der Waals surface area contributed by atoms with Crippen LogP contribution in [0.4, 0.5) is 0 Å². The topological polar surface area (TPSA) is 40.5 Å². The zero-order chi connectivity index (χ0) is 6.91. The van der Waals surface area contributed by atoms with Crippen molar-refractivity contribution < 1.29 is 9.59 Å². The van der Waals surface area contributed by atoms with Crippen LogP contribution in [0, 0.1) is 0 Å². The summed E-state index contributed by atoms with van der Waals surface area (Å²) < 4.78 is 0. The molecule has 1 aliphatic rings. The first-order chi connectivity index (χ1) is 4.11. The van der Waals surface area contributed by atoms with E-state index in [2.05, 4.69) is 0 Å². The summed E-state index contributed by atoms with van der Waals surface area (Å²) in [5, 5.41) is 0. The van der Waals surface area contributed by atoms with Gasteiger partial charge >= 0.3 is 8.56 Å². The molecule has 0 aromatic rings. The van der Waals surface area contributed by atoms with Crippen molar-refractivity contribution in [2.24, 2.45) is 0 Å². The first-order valence-corrected chi connectivity index (χ1v) is 5.69. The minimum atomic E-state index is -2.81. The smallest absolute Gasteiger partial charge is 0.336 e. The Morgan fingerprint density at radius 1 is 1.56 bits per heavy atom. The Bertz CT molecular complexity index is 126. The van der Waals surface area contributed by atoms with Crippen LogP contribution in [0.5, 0.6) is 0 Å². The van der Waals surface area contributed by atoms with Gasteiger partial charge in [0.1, 0.15) is 0 Å². The minimum absolute atomic E-state index is 0.0810. The van der Waals surface area contributed by atoms with Gasteiger partial charge in [-0.2, -0.15) is 0 Å². The number of hydrogen-bond donors (Lipinski definition) is 2. The summed E-state index contributed by atoms with van der Waals surface area (Å²) in [4.78, 5) is 18.3. The Morgan fingerprint density at radius 3 is 2.44 bits per heavy atom. The summed E-state index contributed by atoms with van der Waals surface area (Å²) in [5.41, 5.74) is 0.0810. The highest BCUT2D eigenvalue weighted by atomic mass is 28.4. The van der Waals surface area contributed by atoms with Gasteiger partial charge in [0.15, 0.2) is 0 Å². The average Bonchev–Trinajstić information content (AvgIpc) is 2.08. The lowest BCUT2D eigenvalue weighted by Crippen LogP contribution is -2.34.